The molecule has 100 valence electrons. The van der Waals surface area contributed by atoms with Crippen LogP contribution >= 0.6 is 0 Å². The maximum atomic E-state index is 12.3. The largest absolute Gasteiger partial charge is 0.448 e. The van der Waals surface area contributed by atoms with E-state index < -0.39 is 12.1 Å². The maximum Gasteiger partial charge on any atom is 0.339 e. The molecule has 0 spiro atoms. The minimum absolute atomic E-state index is 0.119. The third-order valence-electron chi connectivity index (χ3n) is 3.49. The van der Waals surface area contributed by atoms with Crippen LogP contribution < -0.4 is 0 Å². The van der Waals surface area contributed by atoms with Gasteiger partial charge in [-0.2, -0.15) is 0 Å². The molecule has 0 N–H and O–H groups in total. The molecule has 2 aliphatic heterocycles. The molecular formula is C14H15NO4. The summed E-state index contributed by atoms with van der Waals surface area (Å²) in [5.41, 5.74) is 1.44. The number of ether oxygens (including phenoxy) is 2. The first-order valence-electron chi connectivity index (χ1n) is 6.41. The van der Waals surface area contributed by atoms with Crippen molar-refractivity contribution in [2.45, 2.75) is 12.5 Å². The fourth-order valence-electron chi connectivity index (χ4n) is 2.46. The smallest absolute Gasteiger partial charge is 0.339 e. The Kier molecular flexibility index (Phi) is 3.21. The van der Waals surface area contributed by atoms with E-state index in [4.69, 9.17) is 9.47 Å². The van der Waals surface area contributed by atoms with Crippen molar-refractivity contribution < 1.29 is 19.1 Å². The Bertz CT molecular complexity index is 508. The van der Waals surface area contributed by atoms with Gasteiger partial charge in [0.05, 0.1) is 18.8 Å². The van der Waals surface area contributed by atoms with E-state index in [1.165, 1.54) is 0 Å². The lowest BCUT2D eigenvalue weighted by Gasteiger charge is -2.32. The molecule has 3 rings (SSSR count). The second kappa shape index (κ2) is 5.01. The molecule has 0 aromatic heterocycles. The number of hydrogen-bond acceptors (Lipinski definition) is 4. The highest BCUT2D eigenvalue weighted by Gasteiger charge is 2.34. The van der Waals surface area contributed by atoms with Gasteiger partial charge in [0.1, 0.15) is 0 Å². The summed E-state index contributed by atoms with van der Waals surface area (Å²) in [4.78, 5) is 25.9. The molecule has 0 aliphatic carbocycles. The highest BCUT2D eigenvalue weighted by atomic mass is 16.5. The number of amides is 1. The van der Waals surface area contributed by atoms with Gasteiger partial charge in [0.25, 0.3) is 5.91 Å². The third kappa shape index (κ3) is 2.33. The van der Waals surface area contributed by atoms with Crippen LogP contribution in [0.2, 0.25) is 0 Å². The van der Waals surface area contributed by atoms with Gasteiger partial charge in [-0.3, -0.25) is 4.79 Å². The van der Waals surface area contributed by atoms with Crippen LogP contribution in [0.5, 0.6) is 0 Å². The van der Waals surface area contributed by atoms with Gasteiger partial charge in [-0.05, 0) is 11.6 Å². The molecule has 1 atom stereocenters. The molecule has 1 aromatic rings. The zero-order valence-electron chi connectivity index (χ0n) is 10.5. The number of fused-ring (bicyclic) bond motifs is 1. The normalized spacial score (nSPS) is 22.6. The molecule has 5 nitrogen and oxygen atoms in total. The Labute approximate surface area is 111 Å². The van der Waals surface area contributed by atoms with Crippen molar-refractivity contribution in [1.82, 2.24) is 4.90 Å². The van der Waals surface area contributed by atoms with Crippen LogP contribution in [0.15, 0.2) is 24.3 Å². The molecule has 1 fully saturated rings. The van der Waals surface area contributed by atoms with E-state index in [1.807, 2.05) is 12.1 Å². The highest BCUT2D eigenvalue weighted by Crippen LogP contribution is 2.21. The molecule has 2 heterocycles. The van der Waals surface area contributed by atoms with Crippen LogP contribution in [0.1, 0.15) is 15.9 Å². The monoisotopic (exact) mass is 261 g/mol. The lowest BCUT2D eigenvalue weighted by atomic mass is 9.98. The standard InChI is InChI=1S/C14H15NO4/c16-13(15-5-7-18-8-6-15)12-9-10-3-1-2-4-11(10)14(17)19-12/h1-4,12H,5-9H2. The van der Waals surface area contributed by atoms with E-state index in [0.29, 0.717) is 38.3 Å². The second-order valence-electron chi connectivity index (χ2n) is 4.69. The average molecular weight is 261 g/mol. The fraction of sp³-hybridized carbons (Fsp3) is 0.429. The maximum absolute atomic E-state index is 12.3. The molecule has 0 saturated carbocycles. The fourth-order valence-corrected chi connectivity index (χ4v) is 2.46. The van der Waals surface area contributed by atoms with Gasteiger partial charge in [-0.15, -0.1) is 0 Å². The lowest BCUT2D eigenvalue weighted by Crippen LogP contribution is -2.48. The first kappa shape index (κ1) is 12.2. The summed E-state index contributed by atoms with van der Waals surface area (Å²) in [6.07, 6.45) is -0.238. The summed E-state index contributed by atoms with van der Waals surface area (Å²) < 4.78 is 10.5. The van der Waals surface area contributed by atoms with E-state index in [0.717, 1.165) is 5.56 Å². The van der Waals surface area contributed by atoms with Crippen molar-refractivity contribution in [3.8, 4) is 0 Å². The Hall–Kier alpha value is -1.88. The molecule has 1 unspecified atom stereocenters. The predicted octanol–water partition coefficient (Wildman–Crippen LogP) is 0.627. The Balaban J connectivity index is 1.77. The summed E-state index contributed by atoms with van der Waals surface area (Å²) in [5.74, 6) is -0.528. The number of cyclic esters (lactones) is 1. The van der Waals surface area contributed by atoms with Gasteiger partial charge in [-0.25, -0.2) is 4.79 Å². The molecule has 0 radical (unpaired) electrons. The van der Waals surface area contributed by atoms with Crippen molar-refractivity contribution in [2.24, 2.45) is 0 Å². The van der Waals surface area contributed by atoms with Crippen molar-refractivity contribution in [3.63, 3.8) is 0 Å². The number of nitrogens with zero attached hydrogens (tertiary/aromatic N) is 1. The van der Waals surface area contributed by atoms with Crippen LogP contribution in [0.3, 0.4) is 0 Å². The molecule has 5 heteroatoms. The molecular weight excluding hydrogens is 246 g/mol. The van der Waals surface area contributed by atoms with Crippen LogP contribution in [-0.2, 0) is 20.7 Å². The van der Waals surface area contributed by atoms with Crippen molar-refractivity contribution >= 4 is 11.9 Å². The summed E-state index contributed by atoms with van der Waals surface area (Å²) in [6, 6.07) is 7.26. The topological polar surface area (TPSA) is 55.8 Å². The zero-order valence-corrected chi connectivity index (χ0v) is 10.5. The van der Waals surface area contributed by atoms with Crippen molar-refractivity contribution in [2.75, 3.05) is 26.3 Å². The van der Waals surface area contributed by atoms with Crippen LogP contribution in [0, 0.1) is 0 Å². The van der Waals surface area contributed by atoms with E-state index in [2.05, 4.69) is 0 Å². The first-order valence-corrected chi connectivity index (χ1v) is 6.41. The number of hydrogen-bond donors (Lipinski definition) is 0. The predicted molar refractivity (Wildman–Crippen MR) is 66.7 cm³/mol. The van der Waals surface area contributed by atoms with E-state index >= 15 is 0 Å². The summed E-state index contributed by atoms with van der Waals surface area (Å²) >= 11 is 0. The minimum Gasteiger partial charge on any atom is -0.448 e. The molecule has 2 aliphatic rings. The lowest BCUT2D eigenvalue weighted by molar-refractivity contribution is -0.145. The third-order valence-corrected chi connectivity index (χ3v) is 3.49. The Morgan fingerprint density at radius 1 is 1.21 bits per heavy atom. The van der Waals surface area contributed by atoms with Gasteiger partial charge >= 0.3 is 5.97 Å². The summed E-state index contributed by atoms with van der Waals surface area (Å²) in [6.45, 7) is 2.22. The Morgan fingerprint density at radius 3 is 2.74 bits per heavy atom. The highest BCUT2D eigenvalue weighted by molar-refractivity contribution is 5.95. The number of benzene rings is 1. The van der Waals surface area contributed by atoms with Crippen molar-refractivity contribution in [3.05, 3.63) is 35.4 Å². The number of esters is 1. The second-order valence-corrected chi connectivity index (χ2v) is 4.69. The molecule has 19 heavy (non-hydrogen) atoms. The van der Waals surface area contributed by atoms with E-state index in [1.54, 1.807) is 17.0 Å². The van der Waals surface area contributed by atoms with Gasteiger partial charge in [0.2, 0.25) is 0 Å². The van der Waals surface area contributed by atoms with E-state index in [9.17, 15) is 9.59 Å². The molecule has 1 amide bonds. The summed E-state index contributed by atoms with van der Waals surface area (Å²) in [7, 11) is 0. The van der Waals surface area contributed by atoms with Crippen molar-refractivity contribution in [1.29, 1.82) is 0 Å². The SMILES string of the molecule is O=C1OC(C(=O)N2CCOCC2)Cc2ccccc21. The van der Waals surface area contributed by atoms with E-state index in [-0.39, 0.29) is 5.91 Å². The number of morpholine rings is 1. The van der Waals surface area contributed by atoms with Crippen LogP contribution in [-0.4, -0.2) is 49.2 Å². The number of rotatable bonds is 1. The zero-order chi connectivity index (χ0) is 13.2. The first-order chi connectivity index (χ1) is 9.25. The van der Waals surface area contributed by atoms with Gasteiger partial charge < -0.3 is 14.4 Å². The molecule has 1 aromatic carbocycles. The average Bonchev–Trinajstić information content (AvgIpc) is 2.47. The molecule has 0 bridgehead atoms. The van der Waals surface area contributed by atoms with Gasteiger partial charge in [-0.1, -0.05) is 18.2 Å². The van der Waals surface area contributed by atoms with Gasteiger partial charge in [0.15, 0.2) is 6.10 Å². The minimum atomic E-state index is -0.694. The quantitative estimate of drug-likeness (QED) is 0.696. The number of carbonyl (C=O) groups excluding carboxylic acids is 2. The Morgan fingerprint density at radius 2 is 1.95 bits per heavy atom. The molecule has 1 saturated heterocycles. The van der Waals surface area contributed by atoms with Crippen LogP contribution in [0.25, 0.3) is 0 Å². The number of carbonyl (C=O) groups is 2. The van der Waals surface area contributed by atoms with Gasteiger partial charge in [0, 0.05) is 19.5 Å². The summed E-state index contributed by atoms with van der Waals surface area (Å²) in [5, 5.41) is 0. The van der Waals surface area contributed by atoms with Crippen LogP contribution in [0.4, 0.5) is 0 Å².